The highest BCUT2D eigenvalue weighted by atomic mass is 35.5. The molecule has 124 valence electrons. The van der Waals surface area contributed by atoms with Gasteiger partial charge in [-0.05, 0) is 25.1 Å². The Hall–Kier alpha value is -2.51. The zero-order chi connectivity index (χ0) is 17.4. The van der Waals surface area contributed by atoms with Crippen molar-refractivity contribution in [3.05, 3.63) is 51.0 Å². The third-order valence-corrected chi connectivity index (χ3v) is 3.84. The second kappa shape index (κ2) is 6.18. The highest BCUT2D eigenvalue weighted by Gasteiger charge is 2.17. The lowest BCUT2D eigenvalue weighted by atomic mass is 10.1. The van der Waals surface area contributed by atoms with Crippen LogP contribution in [0.4, 0.5) is 4.39 Å². The summed E-state index contributed by atoms with van der Waals surface area (Å²) in [6.45, 7) is 2.22. The normalized spacial score (nSPS) is 11.3. The van der Waals surface area contributed by atoms with Crippen LogP contribution >= 0.6 is 11.6 Å². The van der Waals surface area contributed by atoms with Crippen molar-refractivity contribution in [3.8, 4) is 0 Å². The lowest BCUT2D eigenvalue weighted by molar-refractivity contribution is 0.0690. The quantitative estimate of drug-likeness (QED) is 0.731. The van der Waals surface area contributed by atoms with Gasteiger partial charge >= 0.3 is 5.97 Å². The van der Waals surface area contributed by atoms with Crippen LogP contribution in [-0.4, -0.2) is 27.2 Å². The predicted molar refractivity (Wildman–Crippen MR) is 87.1 cm³/mol. The molecule has 3 rings (SSSR count). The molecule has 0 saturated carbocycles. The topological polar surface area (TPSA) is 81.4 Å². The van der Waals surface area contributed by atoms with Crippen LogP contribution in [0.15, 0.2) is 29.2 Å². The van der Waals surface area contributed by atoms with Crippen molar-refractivity contribution >= 4 is 39.5 Å². The Labute approximate surface area is 140 Å². The minimum Gasteiger partial charge on any atom is -0.477 e. The van der Waals surface area contributed by atoms with Crippen molar-refractivity contribution in [3.63, 3.8) is 0 Å². The molecule has 3 aromatic rings. The number of rotatable bonds is 4. The molecule has 24 heavy (non-hydrogen) atoms. The van der Waals surface area contributed by atoms with Crippen LogP contribution in [0, 0.1) is 5.82 Å². The van der Waals surface area contributed by atoms with E-state index in [0.29, 0.717) is 17.5 Å². The molecule has 6 nitrogen and oxygen atoms in total. The maximum atomic E-state index is 13.6. The number of hydrogen-bond acceptors (Lipinski definition) is 4. The summed E-state index contributed by atoms with van der Waals surface area (Å²) in [6.07, 6.45) is 1.19. The van der Waals surface area contributed by atoms with E-state index in [1.807, 2.05) is 0 Å². The molecule has 0 fully saturated rings. The first-order valence-electron chi connectivity index (χ1n) is 7.06. The monoisotopic (exact) mass is 350 g/mol. The number of carbonyl (C=O) groups is 1. The Morgan fingerprint density at radius 1 is 1.42 bits per heavy atom. The lowest BCUT2D eigenvalue weighted by Crippen LogP contribution is -2.20. The molecule has 8 heteroatoms. The molecule has 2 heterocycles. The van der Waals surface area contributed by atoms with Gasteiger partial charge in [-0.1, -0.05) is 11.6 Å². The van der Waals surface area contributed by atoms with Gasteiger partial charge in [0.1, 0.15) is 23.8 Å². The van der Waals surface area contributed by atoms with E-state index < -0.39 is 22.8 Å². The number of fused-ring (bicyclic) bond motifs is 2. The van der Waals surface area contributed by atoms with E-state index in [9.17, 15) is 19.1 Å². The summed E-state index contributed by atoms with van der Waals surface area (Å²) in [7, 11) is 0. The van der Waals surface area contributed by atoms with Crippen LogP contribution in [0.25, 0.3) is 21.9 Å². The summed E-state index contributed by atoms with van der Waals surface area (Å²) in [4.78, 5) is 28.0. The molecule has 0 spiro atoms. The molecule has 0 bridgehead atoms. The number of pyridine rings is 2. The first-order valence-corrected chi connectivity index (χ1v) is 7.44. The van der Waals surface area contributed by atoms with Crippen LogP contribution in [0.3, 0.4) is 0 Å². The van der Waals surface area contributed by atoms with E-state index in [1.165, 1.54) is 22.9 Å². The molecular formula is C16H12ClFN2O4. The first-order chi connectivity index (χ1) is 11.4. The number of halogens is 2. The van der Waals surface area contributed by atoms with E-state index in [4.69, 9.17) is 16.3 Å². The predicted octanol–water partition coefficient (Wildman–Crippen LogP) is 3.03. The number of carboxylic acid groups (broad SMARTS) is 1. The molecule has 1 aromatic carbocycles. The van der Waals surface area contributed by atoms with Crippen molar-refractivity contribution in [1.29, 1.82) is 0 Å². The van der Waals surface area contributed by atoms with Gasteiger partial charge < -0.3 is 14.4 Å². The average Bonchev–Trinajstić information content (AvgIpc) is 2.54. The minimum atomic E-state index is -1.35. The summed E-state index contributed by atoms with van der Waals surface area (Å²) in [5, 5.41) is 9.56. The number of aromatic nitrogens is 2. The third kappa shape index (κ3) is 2.72. The summed E-state index contributed by atoms with van der Waals surface area (Å²) in [6, 6.07) is 3.92. The number of aromatic carboxylic acids is 1. The number of carboxylic acids is 1. The Bertz CT molecular complexity index is 1030. The zero-order valence-corrected chi connectivity index (χ0v) is 13.3. The maximum Gasteiger partial charge on any atom is 0.341 e. The Morgan fingerprint density at radius 2 is 2.17 bits per heavy atom. The van der Waals surface area contributed by atoms with Gasteiger partial charge in [0.05, 0.1) is 15.9 Å². The number of ether oxygens (including phenoxy) is 1. The Kier molecular flexibility index (Phi) is 4.21. The molecular weight excluding hydrogens is 339 g/mol. The van der Waals surface area contributed by atoms with E-state index >= 15 is 0 Å². The second-order valence-electron chi connectivity index (χ2n) is 5.09. The molecule has 0 aliphatic carbocycles. The first kappa shape index (κ1) is 16.4. The summed E-state index contributed by atoms with van der Waals surface area (Å²) in [5.41, 5.74) is -0.456. The molecule has 0 atom stereocenters. The summed E-state index contributed by atoms with van der Waals surface area (Å²) < 4.78 is 20.4. The highest BCUT2D eigenvalue weighted by Crippen LogP contribution is 2.24. The van der Waals surface area contributed by atoms with Gasteiger partial charge in [0, 0.05) is 18.2 Å². The average molecular weight is 351 g/mol. The SMILES string of the molecule is CCOCn1cc(C(=O)O)c(=O)c2cc3cc(F)c(Cl)cc3nc21. The van der Waals surface area contributed by atoms with Crippen LogP contribution < -0.4 is 5.43 Å². The van der Waals surface area contributed by atoms with Gasteiger partial charge in [0.15, 0.2) is 0 Å². The molecule has 0 radical (unpaired) electrons. The fraction of sp³-hybridized carbons (Fsp3) is 0.188. The number of hydrogen-bond donors (Lipinski definition) is 1. The van der Waals surface area contributed by atoms with E-state index in [2.05, 4.69) is 4.98 Å². The van der Waals surface area contributed by atoms with Gasteiger partial charge in [-0.3, -0.25) is 4.79 Å². The van der Waals surface area contributed by atoms with Crippen LogP contribution in [-0.2, 0) is 11.5 Å². The summed E-state index contributed by atoms with van der Waals surface area (Å²) in [5.74, 6) is -2.00. The Balaban J connectivity index is 2.41. The van der Waals surface area contributed by atoms with Crippen molar-refractivity contribution < 1.29 is 19.0 Å². The van der Waals surface area contributed by atoms with Crippen LogP contribution in [0.2, 0.25) is 5.02 Å². The summed E-state index contributed by atoms with van der Waals surface area (Å²) >= 11 is 5.77. The molecule has 0 amide bonds. The van der Waals surface area contributed by atoms with Gasteiger partial charge in [-0.2, -0.15) is 0 Å². The van der Waals surface area contributed by atoms with Crippen molar-refractivity contribution in [1.82, 2.24) is 9.55 Å². The fourth-order valence-corrected chi connectivity index (χ4v) is 2.56. The third-order valence-electron chi connectivity index (χ3n) is 3.55. The Morgan fingerprint density at radius 3 is 2.83 bits per heavy atom. The lowest BCUT2D eigenvalue weighted by Gasteiger charge is -2.12. The van der Waals surface area contributed by atoms with Crippen molar-refractivity contribution in [2.75, 3.05) is 6.61 Å². The van der Waals surface area contributed by atoms with Crippen molar-refractivity contribution in [2.24, 2.45) is 0 Å². The highest BCUT2D eigenvalue weighted by molar-refractivity contribution is 6.31. The molecule has 0 aliphatic rings. The maximum absolute atomic E-state index is 13.6. The fourth-order valence-electron chi connectivity index (χ4n) is 2.41. The van der Waals surface area contributed by atoms with Crippen molar-refractivity contribution in [2.45, 2.75) is 13.7 Å². The largest absolute Gasteiger partial charge is 0.477 e. The van der Waals surface area contributed by atoms with Gasteiger partial charge in [-0.25, -0.2) is 14.2 Å². The molecule has 2 aromatic heterocycles. The number of nitrogens with zero attached hydrogens (tertiary/aromatic N) is 2. The van der Waals surface area contributed by atoms with Crippen LogP contribution in [0.1, 0.15) is 17.3 Å². The molecule has 1 N–H and O–H groups in total. The molecule has 0 saturated heterocycles. The van der Waals surface area contributed by atoms with E-state index in [0.717, 1.165) is 6.07 Å². The van der Waals surface area contributed by atoms with Gasteiger partial charge in [0.2, 0.25) is 5.43 Å². The number of benzene rings is 1. The second-order valence-corrected chi connectivity index (χ2v) is 5.49. The van der Waals surface area contributed by atoms with Crippen LogP contribution in [0.5, 0.6) is 0 Å². The van der Waals surface area contributed by atoms with Gasteiger partial charge in [-0.15, -0.1) is 0 Å². The standard InChI is InChI=1S/C16H12ClFN2O4/c1-2-24-7-20-6-10(16(22)23)14(21)9-3-8-4-12(18)11(17)5-13(8)19-15(9)20/h3-6H,2,7H2,1H3,(H,22,23). The van der Waals surface area contributed by atoms with E-state index in [-0.39, 0.29) is 22.8 Å². The zero-order valence-electron chi connectivity index (χ0n) is 12.5. The van der Waals surface area contributed by atoms with Gasteiger partial charge in [0.25, 0.3) is 0 Å². The minimum absolute atomic E-state index is 0.0288. The smallest absolute Gasteiger partial charge is 0.341 e. The van der Waals surface area contributed by atoms with E-state index in [1.54, 1.807) is 6.92 Å². The molecule has 0 aliphatic heterocycles. The molecule has 0 unspecified atom stereocenters.